The number of anilines is 2. The number of aromatic nitrogens is 3. The molecule has 4 aromatic rings. The predicted octanol–water partition coefficient (Wildman–Crippen LogP) is 4.67. The Labute approximate surface area is 311 Å². The van der Waals surface area contributed by atoms with Gasteiger partial charge in [-0.15, -0.1) is 0 Å². The molecule has 0 bridgehead atoms. The van der Waals surface area contributed by atoms with E-state index in [0.29, 0.717) is 28.7 Å². The first-order valence-electron chi connectivity index (χ1n) is 16.4. The zero-order chi connectivity index (χ0) is 40.2. The SMILES string of the molecule is CC(C)(C)OC(=O)N[C@@H](COc1ccc(-c2ccccn2)cc1N)C(=O)O.Cc1nc(-c2ccc(OC[C@H](NC(=O)OC(C)(C)C)C(=O)O)c(N)c2)no1. The molecule has 18 nitrogen and oxygen atoms in total. The van der Waals surface area contributed by atoms with Crippen LogP contribution in [0, 0.1) is 6.92 Å². The summed E-state index contributed by atoms with van der Waals surface area (Å²) < 4.78 is 26.0. The van der Waals surface area contributed by atoms with Crippen molar-refractivity contribution in [2.75, 3.05) is 24.7 Å². The van der Waals surface area contributed by atoms with Gasteiger partial charge in [-0.25, -0.2) is 19.2 Å². The number of hydrogen-bond acceptors (Lipinski definition) is 14. The molecule has 0 aliphatic rings. The molecule has 0 aliphatic carbocycles. The molecular formula is C36H45N7O11. The number of carboxylic acid groups (broad SMARTS) is 2. The van der Waals surface area contributed by atoms with Crippen molar-refractivity contribution in [3.63, 3.8) is 0 Å². The van der Waals surface area contributed by atoms with E-state index in [9.17, 15) is 29.4 Å². The number of aliphatic carboxylic acids is 2. The van der Waals surface area contributed by atoms with E-state index in [0.717, 1.165) is 11.3 Å². The summed E-state index contributed by atoms with van der Waals surface area (Å²) in [5, 5.41) is 26.8. The molecule has 4 rings (SSSR count). The fourth-order valence-corrected chi connectivity index (χ4v) is 4.20. The monoisotopic (exact) mass is 751 g/mol. The van der Waals surface area contributed by atoms with Gasteiger partial charge in [-0.1, -0.05) is 11.2 Å². The molecule has 0 saturated heterocycles. The minimum Gasteiger partial charge on any atom is -0.489 e. The van der Waals surface area contributed by atoms with Crippen LogP contribution in [0.5, 0.6) is 11.5 Å². The Balaban J connectivity index is 0.000000290. The molecule has 0 fully saturated rings. The number of rotatable bonds is 12. The van der Waals surface area contributed by atoms with Gasteiger partial charge in [0.2, 0.25) is 11.7 Å². The number of nitrogens with zero attached hydrogens (tertiary/aromatic N) is 3. The highest BCUT2D eigenvalue weighted by Gasteiger charge is 2.26. The summed E-state index contributed by atoms with van der Waals surface area (Å²) in [6.07, 6.45) is -0.0123. The highest BCUT2D eigenvalue weighted by Crippen LogP contribution is 2.29. The number of carboxylic acids is 2. The van der Waals surface area contributed by atoms with Crippen molar-refractivity contribution in [1.29, 1.82) is 0 Å². The van der Waals surface area contributed by atoms with Crippen LogP contribution in [0.3, 0.4) is 0 Å². The van der Waals surface area contributed by atoms with E-state index >= 15 is 0 Å². The summed E-state index contributed by atoms with van der Waals surface area (Å²) in [6, 6.07) is 12.8. The van der Waals surface area contributed by atoms with Gasteiger partial charge in [-0.05, 0) is 90.1 Å². The molecule has 0 aliphatic heterocycles. The summed E-state index contributed by atoms with van der Waals surface area (Å²) in [7, 11) is 0. The highest BCUT2D eigenvalue weighted by atomic mass is 16.6. The third-order valence-corrected chi connectivity index (χ3v) is 6.56. The number of nitrogen functional groups attached to an aromatic ring is 2. The topological polar surface area (TPSA) is 274 Å². The molecule has 8 N–H and O–H groups in total. The predicted molar refractivity (Wildman–Crippen MR) is 196 cm³/mol. The van der Waals surface area contributed by atoms with Crippen LogP contribution in [0.1, 0.15) is 47.4 Å². The lowest BCUT2D eigenvalue weighted by Gasteiger charge is -2.22. The van der Waals surface area contributed by atoms with Gasteiger partial charge in [0.1, 0.15) is 35.9 Å². The van der Waals surface area contributed by atoms with Crippen molar-refractivity contribution in [2.45, 2.75) is 71.8 Å². The minimum atomic E-state index is -1.31. The number of pyridine rings is 1. The van der Waals surface area contributed by atoms with E-state index in [2.05, 4.69) is 25.8 Å². The third kappa shape index (κ3) is 13.9. The number of nitrogens with one attached hydrogen (secondary N) is 2. The second-order valence-electron chi connectivity index (χ2n) is 13.6. The van der Waals surface area contributed by atoms with Crippen molar-refractivity contribution < 1.29 is 52.9 Å². The fourth-order valence-electron chi connectivity index (χ4n) is 4.20. The van der Waals surface area contributed by atoms with Crippen LogP contribution in [0.2, 0.25) is 0 Å². The zero-order valence-electron chi connectivity index (χ0n) is 30.9. The van der Waals surface area contributed by atoms with E-state index in [-0.39, 0.29) is 24.7 Å². The Morgan fingerprint density at radius 2 is 1.24 bits per heavy atom. The Kier molecular flexibility index (Phi) is 14.1. The molecule has 290 valence electrons. The Morgan fingerprint density at radius 1 is 0.759 bits per heavy atom. The van der Waals surface area contributed by atoms with Gasteiger partial charge in [-0.3, -0.25) is 4.98 Å². The number of carbonyl (C=O) groups excluding carboxylic acids is 2. The molecule has 54 heavy (non-hydrogen) atoms. The molecule has 2 heterocycles. The first kappa shape index (κ1) is 41.8. The van der Waals surface area contributed by atoms with E-state index in [1.165, 1.54) is 0 Å². The number of nitrogens with two attached hydrogens (primary N) is 2. The van der Waals surface area contributed by atoms with E-state index in [1.54, 1.807) is 91.1 Å². The van der Waals surface area contributed by atoms with Gasteiger partial charge in [0, 0.05) is 24.2 Å². The number of alkyl carbamates (subject to hydrolysis) is 2. The average Bonchev–Trinajstić information content (AvgIpc) is 3.50. The van der Waals surface area contributed by atoms with Gasteiger partial charge in [0.15, 0.2) is 12.1 Å². The highest BCUT2D eigenvalue weighted by molar-refractivity contribution is 5.81. The quantitative estimate of drug-likeness (QED) is 0.107. The number of benzene rings is 2. The van der Waals surface area contributed by atoms with Gasteiger partial charge < -0.3 is 55.8 Å². The maximum Gasteiger partial charge on any atom is 0.408 e. The first-order valence-corrected chi connectivity index (χ1v) is 16.4. The lowest BCUT2D eigenvalue weighted by atomic mass is 10.1. The third-order valence-electron chi connectivity index (χ3n) is 6.56. The van der Waals surface area contributed by atoms with Gasteiger partial charge in [0.05, 0.1) is 17.1 Å². The number of aryl methyl sites for hydroxylation is 1. The molecule has 2 amide bonds. The molecule has 18 heteroatoms. The minimum absolute atomic E-state index is 0.260. The van der Waals surface area contributed by atoms with Crippen LogP contribution in [-0.4, -0.2) is 86.0 Å². The van der Waals surface area contributed by atoms with Crippen LogP contribution < -0.4 is 31.6 Å². The molecule has 2 aromatic carbocycles. The number of amides is 2. The second kappa shape index (κ2) is 18.3. The molecule has 0 radical (unpaired) electrons. The van der Waals surface area contributed by atoms with Crippen molar-refractivity contribution in [3.05, 3.63) is 66.7 Å². The van der Waals surface area contributed by atoms with E-state index in [1.807, 2.05) is 18.2 Å². The Morgan fingerprint density at radius 3 is 1.63 bits per heavy atom. The molecule has 0 unspecified atom stereocenters. The van der Waals surface area contributed by atoms with Crippen molar-refractivity contribution >= 4 is 35.5 Å². The zero-order valence-corrected chi connectivity index (χ0v) is 30.9. The molecule has 0 spiro atoms. The van der Waals surface area contributed by atoms with Crippen LogP contribution >= 0.6 is 0 Å². The average molecular weight is 752 g/mol. The first-order chi connectivity index (χ1) is 25.2. The Bertz CT molecular complexity index is 1900. The van der Waals surface area contributed by atoms with E-state index < -0.39 is 47.4 Å². The Hall–Kier alpha value is -6.59. The number of ether oxygens (including phenoxy) is 4. The van der Waals surface area contributed by atoms with Crippen molar-refractivity contribution in [1.82, 2.24) is 25.8 Å². The fraction of sp³-hybridized carbons (Fsp3) is 0.361. The van der Waals surface area contributed by atoms with Gasteiger partial charge in [-0.2, -0.15) is 4.98 Å². The molecular weight excluding hydrogens is 706 g/mol. The van der Waals surface area contributed by atoms with Crippen molar-refractivity contribution in [3.8, 4) is 34.1 Å². The van der Waals surface area contributed by atoms with E-state index in [4.69, 9.17) is 34.9 Å². The molecule has 2 atom stereocenters. The summed E-state index contributed by atoms with van der Waals surface area (Å²) in [4.78, 5) is 54.6. The van der Waals surface area contributed by atoms with Gasteiger partial charge in [0.25, 0.3) is 0 Å². The summed E-state index contributed by atoms with van der Waals surface area (Å²) in [5.41, 5.74) is 13.2. The lowest BCUT2D eigenvalue weighted by Crippen LogP contribution is -2.46. The summed E-state index contributed by atoms with van der Waals surface area (Å²) >= 11 is 0. The number of carbonyl (C=O) groups is 4. The normalized spacial score (nSPS) is 12.2. The van der Waals surface area contributed by atoms with Crippen LogP contribution in [0.4, 0.5) is 21.0 Å². The molecule has 2 aromatic heterocycles. The van der Waals surface area contributed by atoms with Crippen LogP contribution in [0.25, 0.3) is 22.6 Å². The summed E-state index contributed by atoms with van der Waals surface area (Å²) in [6.45, 7) is 11.1. The number of hydrogen-bond donors (Lipinski definition) is 6. The summed E-state index contributed by atoms with van der Waals surface area (Å²) in [5.74, 6) is -1.15. The largest absolute Gasteiger partial charge is 0.489 e. The smallest absolute Gasteiger partial charge is 0.408 e. The maximum absolute atomic E-state index is 11.8. The van der Waals surface area contributed by atoms with Crippen LogP contribution in [0.15, 0.2) is 65.3 Å². The molecule has 0 saturated carbocycles. The van der Waals surface area contributed by atoms with Crippen LogP contribution in [-0.2, 0) is 19.1 Å². The standard InChI is InChI=1S/C19H23N3O5.C17H22N4O6/c1-19(2,3)27-18(25)22-15(17(23)24)11-26-16-8-7-12(10-13(16)20)14-6-4-5-9-21-14;1-9-19-14(21-27-9)10-5-6-13(11(18)7-10)25-8-12(15(22)23)20-16(24)26-17(2,3)4/h4-10,15H,11,20H2,1-3H3,(H,22,25)(H,23,24);5-7,12H,8,18H2,1-4H3,(H,20,24)(H,22,23)/t15-;12-/m00/s1. The van der Waals surface area contributed by atoms with Crippen molar-refractivity contribution in [2.24, 2.45) is 0 Å². The van der Waals surface area contributed by atoms with Gasteiger partial charge >= 0.3 is 24.1 Å². The maximum atomic E-state index is 11.8. The lowest BCUT2D eigenvalue weighted by molar-refractivity contribution is -0.141. The second-order valence-corrected chi connectivity index (χ2v) is 13.6.